The third-order valence-corrected chi connectivity index (χ3v) is 3.90. The van der Waals surface area contributed by atoms with Crippen molar-refractivity contribution in [3.05, 3.63) is 24.3 Å². The molecule has 0 bridgehead atoms. The number of nitrogens with one attached hydrogen (secondary N) is 1. The van der Waals surface area contributed by atoms with Gasteiger partial charge < -0.3 is 19.7 Å². The lowest BCUT2D eigenvalue weighted by Gasteiger charge is -2.25. The third kappa shape index (κ3) is 4.63. The van der Waals surface area contributed by atoms with Crippen LogP contribution in [0.5, 0.6) is 11.5 Å². The van der Waals surface area contributed by atoms with E-state index in [1.807, 2.05) is 24.3 Å². The second-order valence-electron chi connectivity index (χ2n) is 5.39. The van der Waals surface area contributed by atoms with Crippen LogP contribution in [0.2, 0.25) is 0 Å². The highest BCUT2D eigenvalue weighted by atomic mass is 16.6. The summed E-state index contributed by atoms with van der Waals surface area (Å²) in [5.41, 5.74) is 0. The molecule has 22 heavy (non-hydrogen) atoms. The maximum atomic E-state index is 12.1. The van der Waals surface area contributed by atoms with Gasteiger partial charge in [-0.25, -0.2) is 0 Å². The zero-order valence-corrected chi connectivity index (χ0v) is 13.5. The number of nitrogens with zero attached hydrogens (tertiary/aromatic N) is 1. The number of fused-ring (bicyclic) bond motifs is 1. The molecule has 0 aliphatic carbocycles. The molecule has 1 aromatic rings. The van der Waals surface area contributed by atoms with Gasteiger partial charge in [0.2, 0.25) is 6.10 Å². The molecule has 2 rings (SSSR count). The summed E-state index contributed by atoms with van der Waals surface area (Å²) in [6.07, 6.45) is 1.51. The average molecular weight is 306 g/mol. The summed E-state index contributed by atoms with van der Waals surface area (Å²) in [6, 6.07) is 7.42. The van der Waals surface area contributed by atoms with E-state index in [4.69, 9.17) is 9.47 Å². The molecule has 0 radical (unpaired) electrons. The first-order valence-corrected chi connectivity index (χ1v) is 8.13. The number of carbonyl (C=O) groups excluding carboxylic acids is 1. The monoisotopic (exact) mass is 306 g/mol. The van der Waals surface area contributed by atoms with E-state index in [9.17, 15) is 4.79 Å². The fourth-order valence-corrected chi connectivity index (χ4v) is 2.47. The first kappa shape index (κ1) is 16.6. The Labute approximate surface area is 132 Å². The predicted octanol–water partition coefficient (Wildman–Crippen LogP) is 2.06. The normalized spacial score (nSPS) is 16.6. The molecule has 1 atom stereocenters. The topological polar surface area (TPSA) is 50.8 Å². The minimum absolute atomic E-state index is 0.0997. The van der Waals surface area contributed by atoms with Crippen molar-refractivity contribution in [3.63, 3.8) is 0 Å². The summed E-state index contributed by atoms with van der Waals surface area (Å²) in [6.45, 7) is 8.53. The van der Waals surface area contributed by atoms with Gasteiger partial charge in [0.1, 0.15) is 6.61 Å². The first-order valence-electron chi connectivity index (χ1n) is 8.13. The Morgan fingerprint density at radius 1 is 1.23 bits per heavy atom. The standard InChI is InChI=1S/C17H26N2O3/c1-3-19(4-2)12-8-7-11-18-17(20)16-13-21-14-9-5-6-10-15(14)22-16/h5-6,9-10,16H,3-4,7-8,11-13H2,1-2H3,(H,18,20). The fourth-order valence-electron chi connectivity index (χ4n) is 2.47. The highest BCUT2D eigenvalue weighted by Crippen LogP contribution is 2.30. The number of rotatable bonds is 8. The van der Waals surface area contributed by atoms with Gasteiger partial charge in [0.05, 0.1) is 0 Å². The van der Waals surface area contributed by atoms with Gasteiger partial charge in [-0.05, 0) is 44.6 Å². The average Bonchev–Trinajstić information content (AvgIpc) is 2.57. The largest absolute Gasteiger partial charge is 0.485 e. The smallest absolute Gasteiger partial charge is 0.264 e. The van der Waals surface area contributed by atoms with Crippen molar-refractivity contribution in [2.45, 2.75) is 32.8 Å². The van der Waals surface area contributed by atoms with Crippen LogP contribution in [-0.2, 0) is 4.79 Å². The van der Waals surface area contributed by atoms with Crippen LogP contribution in [0.25, 0.3) is 0 Å². The molecule has 0 fully saturated rings. The number of unbranched alkanes of at least 4 members (excludes halogenated alkanes) is 1. The summed E-state index contributed by atoms with van der Waals surface area (Å²) in [5.74, 6) is 1.23. The van der Waals surface area contributed by atoms with Crippen LogP contribution >= 0.6 is 0 Å². The second kappa shape index (κ2) is 8.63. The van der Waals surface area contributed by atoms with Crippen LogP contribution < -0.4 is 14.8 Å². The maximum absolute atomic E-state index is 12.1. The molecule has 1 amide bonds. The number of hydrogen-bond donors (Lipinski definition) is 1. The van der Waals surface area contributed by atoms with Crippen molar-refractivity contribution in [2.75, 3.05) is 32.8 Å². The number of amides is 1. The number of ether oxygens (including phenoxy) is 2. The number of benzene rings is 1. The number of para-hydroxylation sites is 2. The molecule has 1 aromatic carbocycles. The van der Waals surface area contributed by atoms with Crippen molar-refractivity contribution in [1.82, 2.24) is 10.2 Å². The van der Waals surface area contributed by atoms with Gasteiger partial charge in [0.25, 0.3) is 5.91 Å². The van der Waals surface area contributed by atoms with Crippen molar-refractivity contribution in [1.29, 1.82) is 0 Å². The highest BCUT2D eigenvalue weighted by Gasteiger charge is 2.26. The lowest BCUT2D eigenvalue weighted by molar-refractivity contribution is -0.130. The van der Waals surface area contributed by atoms with Gasteiger partial charge in [0, 0.05) is 6.54 Å². The van der Waals surface area contributed by atoms with E-state index < -0.39 is 6.10 Å². The predicted molar refractivity (Wildman–Crippen MR) is 86.4 cm³/mol. The summed E-state index contributed by atoms with van der Waals surface area (Å²) >= 11 is 0. The quantitative estimate of drug-likeness (QED) is 0.747. The van der Waals surface area contributed by atoms with Crippen molar-refractivity contribution in [3.8, 4) is 11.5 Å². The van der Waals surface area contributed by atoms with Crippen LogP contribution in [-0.4, -0.2) is 49.7 Å². The van der Waals surface area contributed by atoms with E-state index in [0.29, 0.717) is 18.0 Å². The fraction of sp³-hybridized carbons (Fsp3) is 0.588. The SMILES string of the molecule is CCN(CC)CCCCNC(=O)C1COc2ccccc2O1. The molecule has 0 spiro atoms. The van der Waals surface area contributed by atoms with Gasteiger partial charge in [-0.2, -0.15) is 0 Å². The van der Waals surface area contributed by atoms with Crippen LogP contribution in [0.4, 0.5) is 0 Å². The Hall–Kier alpha value is -1.75. The van der Waals surface area contributed by atoms with E-state index in [-0.39, 0.29) is 12.5 Å². The zero-order valence-electron chi connectivity index (χ0n) is 13.5. The molecule has 1 heterocycles. The Morgan fingerprint density at radius 3 is 2.68 bits per heavy atom. The zero-order chi connectivity index (χ0) is 15.8. The summed E-state index contributed by atoms with van der Waals surface area (Å²) in [5, 5.41) is 2.93. The summed E-state index contributed by atoms with van der Waals surface area (Å²) in [7, 11) is 0. The van der Waals surface area contributed by atoms with Crippen LogP contribution in [0.1, 0.15) is 26.7 Å². The third-order valence-electron chi connectivity index (χ3n) is 3.90. The molecule has 5 nitrogen and oxygen atoms in total. The Kier molecular flexibility index (Phi) is 6.52. The van der Waals surface area contributed by atoms with Gasteiger partial charge in [0.15, 0.2) is 11.5 Å². The molecule has 0 saturated carbocycles. The van der Waals surface area contributed by atoms with Crippen LogP contribution in [0, 0.1) is 0 Å². The van der Waals surface area contributed by atoms with Crippen molar-refractivity contribution in [2.24, 2.45) is 0 Å². The Bertz CT molecular complexity index is 475. The van der Waals surface area contributed by atoms with Crippen molar-refractivity contribution < 1.29 is 14.3 Å². The van der Waals surface area contributed by atoms with Gasteiger partial charge in [-0.1, -0.05) is 26.0 Å². The molecule has 5 heteroatoms. The highest BCUT2D eigenvalue weighted by molar-refractivity contribution is 5.81. The van der Waals surface area contributed by atoms with E-state index >= 15 is 0 Å². The molecule has 1 aliphatic rings. The van der Waals surface area contributed by atoms with Crippen LogP contribution in [0.3, 0.4) is 0 Å². The first-order chi connectivity index (χ1) is 10.7. The maximum Gasteiger partial charge on any atom is 0.264 e. The minimum Gasteiger partial charge on any atom is -0.485 e. The van der Waals surface area contributed by atoms with E-state index in [0.717, 1.165) is 32.5 Å². The second-order valence-corrected chi connectivity index (χ2v) is 5.39. The summed E-state index contributed by atoms with van der Waals surface area (Å²) in [4.78, 5) is 14.5. The number of carbonyl (C=O) groups is 1. The molecule has 1 unspecified atom stereocenters. The molecule has 0 saturated heterocycles. The molecule has 1 aliphatic heterocycles. The van der Waals surface area contributed by atoms with Crippen molar-refractivity contribution >= 4 is 5.91 Å². The molecular weight excluding hydrogens is 280 g/mol. The van der Waals surface area contributed by atoms with E-state index in [1.54, 1.807) is 0 Å². The van der Waals surface area contributed by atoms with Gasteiger partial charge in [-0.3, -0.25) is 4.79 Å². The summed E-state index contributed by atoms with van der Waals surface area (Å²) < 4.78 is 11.2. The van der Waals surface area contributed by atoms with E-state index in [2.05, 4.69) is 24.1 Å². The number of hydrogen-bond acceptors (Lipinski definition) is 4. The molecular formula is C17H26N2O3. The lowest BCUT2D eigenvalue weighted by atomic mass is 10.2. The van der Waals surface area contributed by atoms with E-state index in [1.165, 1.54) is 0 Å². The minimum atomic E-state index is -0.558. The molecule has 1 N–H and O–H groups in total. The molecule has 0 aromatic heterocycles. The van der Waals surface area contributed by atoms with Gasteiger partial charge in [-0.15, -0.1) is 0 Å². The Morgan fingerprint density at radius 2 is 1.95 bits per heavy atom. The molecule has 122 valence electrons. The van der Waals surface area contributed by atoms with Crippen LogP contribution in [0.15, 0.2) is 24.3 Å². The lowest BCUT2D eigenvalue weighted by Crippen LogP contribution is -2.44. The Balaban J connectivity index is 1.66. The van der Waals surface area contributed by atoms with Gasteiger partial charge >= 0.3 is 0 Å².